The number of benzene rings is 2. The highest BCUT2D eigenvalue weighted by molar-refractivity contribution is 5.98. The predicted octanol–water partition coefficient (Wildman–Crippen LogP) is 4.18. The lowest BCUT2D eigenvalue weighted by molar-refractivity contribution is 0.241. The Labute approximate surface area is 192 Å². The molecule has 3 heterocycles. The van der Waals surface area contributed by atoms with Gasteiger partial charge in [-0.2, -0.15) is 0 Å². The monoisotopic (exact) mass is 441 g/mol. The number of phenols is 1. The first-order valence-corrected chi connectivity index (χ1v) is 11.1. The Morgan fingerprint density at radius 3 is 2.61 bits per heavy atom. The van der Waals surface area contributed by atoms with E-state index in [1.807, 2.05) is 50.4 Å². The first-order valence-electron chi connectivity index (χ1n) is 11.1. The van der Waals surface area contributed by atoms with Crippen LogP contribution in [0.4, 0.5) is 0 Å². The molecule has 6 heteroatoms. The molecule has 6 nitrogen and oxygen atoms in total. The van der Waals surface area contributed by atoms with Crippen molar-refractivity contribution in [2.75, 3.05) is 13.7 Å². The van der Waals surface area contributed by atoms with Crippen LogP contribution in [0.15, 0.2) is 59.4 Å². The van der Waals surface area contributed by atoms with E-state index in [0.717, 1.165) is 59.5 Å². The number of hydrogen-bond donors (Lipinski definition) is 1. The standard InChI is InChI=1S/C27H27N3O3/c1-17-4-9-22-21(10-11-25(33-3)26(22)28-17)23-14-19-16-30(13-12-24(19)29(2)27(23)32)15-18-5-7-20(31)8-6-18/h4-11,14,31H,12-13,15-16H2,1-3H3. The van der Waals surface area contributed by atoms with Gasteiger partial charge in [0.2, 0.25) is 0 Å². The Kier molecular flexibility index (Phi) is 5.38. The van der Waals surface area contributed by atoms with Crippen molar-refractivity contribution < 1.29 is 9.84 Å². The number of rotatable bonds is 4. The van der Waals surface area contributed by atoms with E-state index in [0.29, 0.717) is 11.3 Å². The lowest BCUT2D eigenvalue weighted by Gasteiger charge is -2.30. The van der Waals surface area contributed by atoms with Crippen LogP contribution in [0.25, 0.3) is 22.0 Å². The molecular formula is C27H27N3O3. The van der Waals surface area contributed by atoms with Gasteiger partial charge in [-0.05, 0) is 60.0 Å². The highest BCUT2D eigenvalue weighted by Gasteiger charge is 2.22. The summed E-state index contributed by atoms with van der Waals surface area (Å²) in [4.78, 5) is 20.4. The van der Waals surface area contributed by atoms with Crippen LogP contribution in [0.5, 0.6) is 11.5 Å². The topological polar surface area (TPSA) is 67.6 Å². The molecule has 0 spiro atoms. The summed E-state index contributed by atoms with van der Waals surface area (Å²) in [5.74, 6) is 0.978. The van der Waals surface area contributed by atoms with E-state index < -0.39 is 0 Å². The highest BCUT2D eigenvalue weighted by Crippen LogP contribution is 2.33. The van der Waals surface area contributed by atoms with Crippen LogP contribution >= 0.6 is 0 Å². The number of hydrogen-bond acceptors (Lipinski definition) is 5. The molecule has 0 atom stereocenters. The Morgan fingerprint density at radius 2 is 1.85 bits per heavy atom. The summed E-state index contributed by atoms with van der Waals surface area (Å²) in [5.41, 5.74) is 6.65. The van der Waals surface area contributed by atoms with E-state index in [2.05, 4.69) is 16.0 Å². The maximum absolute atomic E-state index is 13.4. The minimum Gasteiger partial charge on any atom is -0.508 e. The summed E-state index contributed by atoms with van der Waals surface area (Å²) >= 11 is 0. The first-order chi connectivity index (χ1) is 15.9. The van der Waals surface area contributed by atoms with Gasteiger partial charge in [0.1, 0.15) is 17.0 Å². The molecule has 0 amide bonds. The molecule has 0 unspecified atom stereocenters. The molecule has 0 aliphatic carbocycles. The largest absolute Gasteiger partial charge is 0.508 e. The molecule has 168 valence electrons. The van der Waals surface area contributed by atoms with Gasteiger partial charge < -0.3 is 14.4 Å². The average molecular weight is 442 g/mol. The van der Waals surface area contributed by atoms with Crippen LogP contribution in [0, 0.1) is 6.92 Å². The van der Waals surface area contributed by atoms with Crippen LogP contribution in [-0.2, 0) is 26.6 Å². The molecule has 1 aliphatic rings. The van der Waals surface area contributed by atoms with Gasteiger partial charge in [-0.15, -0.1) is 0 Å². The number of phenolic OH excluding ortho intramolecular Hbond substituents is 1. The molecule has 0 fully saturated rings. The number of aryl methyl sites for hydroxylation is 1. The SMILES string of the molecule is COc1ccc(-c2cc3c(n(C)c2=O)CCN(Cc2ccc(O)cc2)C3)c2ccc(C)nc12. The summed E-state index contributed by atoms with van der Waals surface area (Å²) in [6, 6.07) is 17.2. The summed E-state index contributed by atoms with van der Waals surface area (Å²) in [7, 11) is 3.51. The molecule has 0 saturated heterocycles. The van der Waals surface area contributed by atoms with E-state index in [9.17, 15) is 9.90 Å². The van der Waals surface area contributed by atoms with Gasteiger partial charge in [-0.3, -0.25) is 9.69 Å². The van der Waals surface area contributed by atoms with Gasteiger partial charge in [-0.1, -0.05) is 18.2 Å². The summed E-state index contributed by atoms with van der Waals surface area (Å²) in [6.45, 7) is 4.40. The van der Waals surface area contributed by atoms with Gasteiger partial charge >= 0.3 is 0 Å². The van der Waals surface area contributed by atoms with Crippen LogP contribution in [0.1, 0.15) is 22.5 Å². The lowest BCUT2D eigenvalue weighted by Crippen LogP contribution is -2.35. The average Bonchev–Trinajstić information content (AvgIpc) is 2.82. The van der Waals surface area contributed by atoms with Gasteiger partial charge in [0.15, 0.2) is 0 Å². The zero-order valence-electron chi connectivity index (χ0n) is 19.1. The third kappa shape index (κ3) is 3.87. The zero-order valence-corrected chi connectivity index (χ0v) is 19.1. The van der Waals surface area contributed by atoms with Crippen molar-refractivity contribution in [3.63, 3.8) is 0 Å². The summed E-state index contributed by atoms with van der Waals surface area (Å²) in [5, 5.41) is 10.5. The second-order valence-electron chi connectivity index (χ2n) is 8.69. The van der Waals surface area contributed by atoms with E-state index in [1.54, 1.807) is 23.8 Å². The Morgan fingerprint density at radius 1 is 1.06 bits per heavy atom. The minimum absolute atomic E-state index is 0.00720. The summed E-state index contributed by atoms with van der Waals surface area (Å²) in [6.07, 6.45) is 0.823. The molecule has 0 radical (unpaired) electrons. The van der Waals surface area contributed by atoms with Gasteiger partial charge in [0.25, 0.3) is 5.56 Å². The Hall–Kier alpha value is -3.64. The maximum Gasteiger partial charge on any atom is 0.258 e. The number of ether oxygens (including phenoxy) is 1. The summed E-state index contributed by atoms with van der Waals surface area (Å²) < 4.78 is 7.33. The number of methoxy groups -OCH3 is 1. The van der Waals surface area contributed by atoms with Crippen molar-refractivity contribution in [1.29, 1.82) is 0 Å². The van der Waals surface area contributed by atoms with Gasteiger partial charge in [0, 0.05) is 55.4 Å². The van der Waals surface area contributed by atoms with Crippen LogP contribution < -0.4 is 10.3 Å². The second-order valence-corrected chi connectivity index (χ2v) is 8.69. The first kappa shape index (κ1) is 21.2. The van der Waals surface area contributed by atoms with Crippen molar-refractivity contribution in [3.05, 3.63) is 87.5 Å². The van der Waals surface area contributed by atoms with Crippen LogP contribution in [-0.4, -0.2) is 33.2 Å². The minimum atomic E-state index is 0.00720. The predicted molar refractivity (Wildman–Crippen MR) is 130 cm³/mol. The van der Waals surface area contributed by atoms with Gasteiger partial charge in [0.05, 0.1) is 7.11 Å². The van der Waals surface area contributed by atoms with Crippen molar-refractivity contribution in [2.45, 2.75) is 26.4 Å². The van der Waals surface area contributed by atoms with E-state index in [4.69, 9.17) is 4.74 Å². The van der Waals surface area contributed by atoms with E-state index in [-0.39, 0.29) is 11.3 Å². The van der Waals surface area contributed by atoms with Crippen LogP contribution in [0.2, 0.25) is 0 Å². The molecule has 0 bridgehead atoms. The fourth-order valence-electron chi connectivity index (χ4n) is 4.76. The Balaban J connectivity index is 1.57. The molecule has 33 heavy (non-hydrogen) atoms. The third-order valence-corrected chi connectivity index (χ3v) is 6.50. The van der Waals surface area contributed by atoms with Gasteiger partial charge in [-0.25, -0.2) is 4.98 Å². The van der Waals surface area contributed by atoms with E-state index in [1.165, 1.54) is 5.56 Å². The normalized spacial score (nSPS) is 13.8. The molecule has 1 N–H and O–H groups in total. The van der Waals surface area contributed by atoms with Crippen molar-refractivity contribution >= 4 is 10.9 Å². The molecule has 0 saturated carbocycles. The third-order valence-electron chi connectivity index (χ3n) is 6.50. The van der Waals surface area contributed by atoms with E-state index >= 15 is 0 Å². The number of nitrogens with zero attached hydrogens (tertiary/aromatic N) is 3. The van der Waals surface area contributed by atoms with Crippen molar-refractivity contribution in [3.8, 4) is 22.6 Å². The quantitative estimate of drug-likeness (QED) is 0.515. The number of aromatic hydroxyl groups is 1. The Bertz CT molecular complexity index is 1410. The smallest absolute Gasteiger partial charge is 0.258 e. The zero-order chi connectivity index (χ0) is 23.1. The molecule has 1 aliphatic heterocycles. The van der Waals surface area contributed by atoms with Crippen molar-refractivity contribution in [1.82, 2.24) is 14.5 Å². The molecule has 4 aromatic rings. The number of aromatic nitrogens is 2. The van der Waals surface area contributed by atoms with Crippen LogP contribution in [0.3, 0.4) is 0 Å². The number of pyridine rings is 2. The fourth-order valence-corrected chi connectivity index (χ4v) is 4.76. The number of fused-ring (bicyclic) bond motifs is 2. The maximum atomic E-state index is 13.4. The molecule has 2 aromatic carbocycles. The van der Waals surface area contributed by atoms with Crippen molar-refractivity contribution in [2.24, 2.45) is 7.05 Å². The second kappa shape index (κ2) is 8.37. The lowest BCUT2D eigenvalue weighted by atomic mass is 9.96. The molecule has 5 rings (SSSR count). The molecule has 2 aromatic heterocycles. The highest BCUT2D eigenvalue weighted by atomic mass is 16.5. The fraction of sp³-hybridized carbons (Fsp3) is 0.259. The molecular weight excluding hydrogens is 414 g/mol.